The van der Waals surface area contributed by atoms with Crippen LogP contribution in [0.25, 0.3) is 0 Å². The second-order valence-corrected chi connectivity index (χ2v) is 4.52. The van der Waals surface area contributed by atoms with E-state index < -0.39 is 6.10 Å². The Bertz CT molecular complexity index is 399. The summed E-state index contributed by atoms with van der Waals surface area (Å²) in [5.74, 6) is 0.806. The van der Waals surface area contributed by atoms with E-state index in [1.54, 1.807) is 19.0 Å². The summed E-state index contributed by atoms with van der Waals surface area (Å²) in [6.07, 6.45) is 0.273. The van der Waals surface area contributed by atoms with Crippen LogP contribution in [-0.4, -0.2) is 31.0 Å². The molecule has 0 unspecified atom stereocenters. The second-order valence-electron chi connectivity index (χ2n) is 4.52. The van der Waals surface area contributed by atoms with Gasteiger partial charge in [0.05, 0.1) is 0 Å². The van der Waals surface area contributed by atoms with Gasteiger partial charge in [-0.15, -0.1) is 0 Å². The molecule has 0 fully saturated rings. The molecule has 1 atom stereocenters. The van der Waals surface area contributed by atoms with Gasteiger partial charge in [-0.05, 0) is 37.5 Å². The minimum absolute atomic E-state index is 0.00778. The molecule has 17 heavy (non-hydrogen) atoms. The number of amides is 1. The second kappa shape index (κ2) is 5.71. The van der Waals surface area contributed by atoms with Crippen molar-refractivity contribution in [2.24, 2.45) is 0 Å². The third-order valence-electron chi connectivity index (χ3n) is 2.70. The molecule has 0 aromatic heterocycles. The minimum atomic E-state index is -0.398. The van der Waals surface area contributed by atoms with Crippen LogP contribution in [0.3, 0.4) is 0 Å². The van der Waals surface area contributed by atoms with E-state index in [2.05, 4.69) is 0 Å². The van der Waals surface area contributed by atoms with Crippen LogP contribution in [-0.2, 0) is 4.79 Å². The predicted molar refractivity (Wildman–Crippen MR) is 69.3 cm³/mol. The topological polar surface area (TPSA) is 29.5 Å². The van der Waals surface area contributed by atoms with Crippen molar-refractivity contribution in [1.82, 2.24) is 4.90 Å². The molecule has 0 aliphatic carbocycles. The number of benzene rings is 1. The zero-order valence-electron chi connectivity index (χ0n) is 11.3. The van der Waals surface area contributed by atoms with Gasteiger partial charge in [-0.2, -0.15) is 0 Å². The molecule has 0 saturated heterocycles. The average molecular weight is 235 g/mol. The average Bonchev–Trinajstić information content (AvgIpc) is 2.29. The Morgan fingerprint density at radius 2 is 2.00 bits per heavy atom. The smallest absolute Gasteiger partial charge is 0.263 e. The maximum atomic E-state index is 11.9. The minimum Gasteiger partial charge on any atom is -0.480 e. The first kappa shape index (κ1) is 13.6. The van der Waals surface area contributed by atoms with E-state index in [0.717, 1.165) is 16.9 Å². The van der Waals surface area contributed by atoms with Gasteiger partial charge in [-0.25, -0.2) is 0 Å². The molecule has 0 spiro atoms. The van der Waals surface area contributed by atoms with Gasteiger partial charge in [0.25, 0.3) is 5.91 Å². The standard InChI is InChI=1S/C14H21NO2/c1-6-12(14(16)15(4)5)17-13-9-10(2)7-8-11(13)3/h7-9,12H,6H2,1-5H3/t12-/m1/s1. The number of carbonyl (C=O) groups is 1. The summed E-state index contributed by atoms with van der Waals surface area (Å²) in [6, 6.07) is 6.02. The monoisotopic (exact) mass is 235 g/mol. The predicted octanol–water partition coefficient (Wildman–Crippen LogP) is 2.55. The van der Waals surface area contributed by atoms with Crippen LogP contribution < -0.4 is 4.74 Å². The van der Waals surface area contributed by atoms with E-state index in [1.165, 1.54) is 0 Å². The van der Waals surface area contributed by atoms with Crippen molar-refractivity contribution < 1.29 is 9.53 Å². The van der Waals surface area contributed by atoms with Crippen LogP contribution in [0.1, 0.15) is 24.5 Å². The molecule has 0 heterocycles. The molecule has 0 aliphatic heterocycles. The highest BCUT2D eigenvalue weighted by molar-refractivity contribution is 5.80. The van der Waals surface area contributed by atoms with E-state index in [0.29, 0.717) is 6.42 Å². The lowest BCUT2D eigenvalue weighted by atomic mass is 10.1. The van der Waals surface area contributed by atoms with Crippen LogP contribution in [0.2, 0.25) is 0 Å². The molecule has 3 nitrogen and oxygen atoms in total. The lowest BCUT2D eigenvalue weighted by Gasteiger charge is -2.21. The quantitative estimate of drug-likeness (QED) is 0.802. The van der Waals surface area contributed by atoms with E-state index >= 15 is 0 Å². The summed E-state index contributed by atoms with van der Waals surface area (Å²) in [5.41, 5.74) is 2.19. The van der Waals surface area contributed by atoms with Crippen molar-refractivity contribution in [3.8, 4) is 5.75 Å². The molecule has 0 bridgehead atoms. The number of aryl methyl sites for hydroxylation is 2. The lowest BCUT2D eigenvalue weighted by Crippen LogP contribution is -2.37. The Balaban J connectivity index is 2.87. The summed E-state index contributed by atoms with van der Waals surface area (Å²) < 4.78 is 5.81. The molecule has 0 N–H and O–H groups in total. The molecule has 1 amide bonds. The first-order valence-corrected chi connectivity index (χ1v) is 5.90. The summed E-state index contributed by atoms with van der Waals surface area (Å²) in [7, 11) is 3.49. The van der Waals surface area contributed by atoms with Crippen LogP contribution in [0, 0.1) is 13.8 Å². The zero-order chi connectivity index (χ0) is 13.0. The summed E-state index contributed by atoms with van der Waals surface area (Å²) >= 11 is 0. The SMILES string of the molecule is CC[C@@H](Oc1cc(C)ccc1C)C(=O)N(C)C. The van der Waals surface area contributed by atoms with E-state index in [4.69, 9.17) is 4.74 Å². The van der Waals surface area contributed by atoms with Crippen molar-refractivity contribution >= 4 is 5.91 Å². The van der Waals surface area contributed by atoms with Crippen molar-refractivity contribution in [2.75, 3.05) is 14.1 Å². The Labute approximate surface area is 103 Å². The molecule has 0 saturated carbocycles. The number of hydrogen-bond acceptors (Lipinski definition) is 2. The van der Waals surface area contributed by atoms with Gasteiger partial charge in [-0.3, -0.25) is 4.79 Å². The maximum absolute atomic E-state index is 11.9. The number of rotatable bonds is 4. The molecule has 1 aromatic carbocycles. The van der Waals surface area contributed by atoms with Gasteiger partial charge in [0.2, 0.25) is 0 Å². The zero-order valence-corrected chi connectivity index (χ0v) is 11.3. The normalized spacial score (nSPS) is 12.1. The fourth-order valence-electron chi connectivity index (χ4n) is 1.58. The van der Waals surface area contributed by atoms with Crippen molar-refractivity contribution in [3.05, 3.63) is 29.3 Å². The lowest BCUT2D eigenvalue weighted by molar-refractivity contribution is -0.136. The van der Waals surface area contributed by atoms with Gasteiger partial charge in [0.15, 0.2) is 6.10 Å². The molecule has 0 aliphatic rings. The van der Waals surface area contributed by atoms with Crippen LogP contribution in [0.15, 0.2) is 18.2 Å². The molecule has 94 valence electrons. The third-order valence-corrected chi connectivity index (χ3v) is 2.70. The maximum Gasteiger partial charge on any atom is 0.263 e. The fraction of sp³-hybridized carbons (Fsp3) is 0.500. The van der Waals surface area contributed by atoms with Gasteiger partial charge >= 0.3 is 0 Å². The summed E-state index contributed by atoms with van der Waals surface area (Å²) in [6.45, 7) is 5.96. The first-order chi connectivity index (χ1) is 7.95. The Morgan fingerprint density at radius 3 is 2.53 bits per heavy atom. The van der Waals surface area contributed by atoms with E-state index in [-0.39, 0.29) is 5.91 Å². The summed E-state index contributed by atoms with van der Waals surface area (Å²) in [4.78, 5) is 13.4. The molecule has 1 aromatic rings. The van der Waals surface area contributed by atoms with Crippen molar-refractivity contribution in [1.29, 1.82) is 0 Å². The molecule has 1 rings (SSSR count). The fourth-order valence-corrected chi connectivity index (χ4v) is 1.58. The summed E-state index contributed by atoms with van der Waals surface area (Å²) in [5, 5.41) is 0. The Morgan fingerprint density at radius 1 is 1.35 bits per heavy atom. The van der Waals surface area contributed by atoms with E-state index in [9.17, 15) is 4.79 Å². The van der Waals surface area contributed by atoms with E-state index in [1.807, 2.05) is 39.0 Å². The highest BCUT2D eigenvalue weighted by Gasteiger charge is 2.20. The number of likely N-dealkylation sites (N-methyl/N-ethyl adjacent to an activating group) is 1. The number of ether oxygens (including phenoxy) is 1. The van der Waals surface area contributed by atoms with Gasteiger partial charge in [-0.1, -0.05) is 19.1 Å². The highest BCUT2D eigenvalue weighted by atomic mass is 16.5. The molecular formula is C14H21NO2. The molecule has 0 radical (unpaired) electrons. The van der Waals surface area contributed by atoms with Gasteiger partial charge in [0.1, 0.15) is 5.75 Å². The van der Waals surface area contributed by atoms with Crippen LogP contribution in [0.4, 0.5) is 0 Å². The van der Waals surface area contributed by atoms with Crippen molar-refractivity contribution in [3.63, 3.8) is 0 Å². The number of carbonyl (C=O) groups excluding carboxylic acids is 1. The van der Waals surface area contributed by atoms with Crippen LogP contribution in [0.5, 0.6) is 5.75 Å². The Hall–Kier alpha value is -1.51. The largest absolute Gasteiger partial charge is 0.480 e. The Kier molecular flexibility index (Phi) is 4.55. The third kappa shape index (κ3) is 3.48. The van der Waals surface area contributed by atoms with Crippen molar-refractivity contribution in [2.45, 2.75) is 33.3 Å². The van der Waals surface area contributed by atoms with Crippen LogP contribution >= 0.6 is 0 Å². The number of hydrogen-bond donors (Lipinski definition) is 0. The first-order valence-electron chi connectivity index (χ1n) is 5.90. The van der Waals surface area contributed by atoms with Gasteiger partial charge < -0.3 is 9.64 Å². The number of nitrogens with zero attached hydrogens (tertiary/aromatic N) is 1. The highest BCUT2D eigenvalue weighted by Crippen LogP contribution is 2.21. The van der Waals surface area contributed by atoms with Gasteiger partial charge in [0, 0.05) is 14.1 Å². The molecular weight excluding hydrogens is 214 g/mol. The molecule has 3 heteroatoms.